The van der Waals surface area contributed by atoms with Gasteiger partial charge in [-0.05, 0) is 13.0 Å². The normalized spacial score (nSPS) is 10.4. The van der Waals surface area contributed by atoms with Gasteiger partial charge in [-0.15, -0.1) is 0 Å². The first-order chi connectivity index (χ1) is 7.07. The third-order valence-electron chi connectivity index (χ3n) is 1.84. The molecule has 0 saturated carbocycles. The quantitative estimate of drug-likeness (QED) is 0.622. The summed E-state index contributed by atoms with van der Waals surface area (Å²) in [6.07, 6.45) is -2.74. The van der Waals surface area contributed by atoms with Crippen molar-refractivity contribution in [1.82, 2.24) is 0 Å². The number of nitrogens with two attached hydrogens (primary N) is 1. The Hall–Kier alpha value is -1.65. The van der Waals surface area contributed by atoms with Crippen molar-refractivity contribution in [2.45, 2.75) is 13.3 Å². The molecule has 0 amide bonds. The van der Waals surface area contributed by atoms with Crippen LogP contribution >= 0.6 is 0 Å². The molecule has 0 saturated heterocycles. The van der Waals surface area contributed by atoms with Gasteiger partial charge in [-0.2, -0.15) is 0 Å². The van der Waals surface area contributed by atoms with Crippen LogP contribution in [0.25, 0.3) is 0 Å². The molecule has 1 aromatic carbocycles. The summed E-state index contributed by atoms with van der Waals surface area (Å²) in [5, 5.41) is 0. The zero-order valence-corrected chi connectivity index (χ0v) is 8.17. The van der Waals surface area contributed by atoms with Crippen LogP contribution in [-0.2, 0) is 4.74 Å². The van der Waals surface area contributed by atoms with Crippen LogP contribution in [0.2, 0.25) is 0 Å². The van der Waals surface area contributed by atoms with Gasteiger partial charge in [0.15, 0.2) is 0 Å². The van der Waals surface area contributed by atoms with Gasteiger partial charge in [0.05, 0.1) is 12.2 Å². The van der Waals surface area contributed by atoms with Crippen LogP contribution in [0.4, 0.5) is 14.5 Å². The van der Waals surface area contributed by atoms with Crippen LogP contribution in [0.5, 0.6) is 0 Å². The lowest BCUT2D eigenvalue weighted by molar-refractivity contribution is 0.0517. The Morgan fingerprint density at radius 1 is 1.53 bits per heavy atom. The Morgan fingerprint density at radius 2 is 2.20 bits per heavy atom. The number of rotatable bonds is 3. The predicted octanol–water partition coefficient (Wildman–Crippen LogP) is 2.38. The van der Waals surface area contributed by atoms with E-state index in [0.717, 1.165) is 6.07 Å². The molecule has 82 valence electrons. The fourth-order valence-corrected chi connectivity index (χ4v) is 1.21. The Balaban J connectivity index is 3.18. The number of carbonyl (C=O) groups is 1. The number of anilines is 1. The molecule has 0 atom stereocenters. The minimum Gasteiger partial charge on any atom is -0.462 e. The summed E-state index contributed by atoms with van der Waals surface area (Å²) >= 11 is 0. The lowest BCUT2D eigenvalue weighted by Crippen LogP contribution is -2.11. The van der Waals surface area contributed by atoms with E-state index in [4.69, 9.17) is 5.73 Å². The van der Waals surface area contributed by atoms with Crippen molar-refractivity contribution in [3.05, 3.63) is 29.3 Å². The van der Waals surface area contributed by atoms with Gasteiger partial charge in [-0.3, -0.25) is 0 Å². The second-order valence-electron chi connectivity index (χ2n) is 2.83. The van der Waals surface area contributed by atoms with E-state index in [9.17, 15) is 13.6 Å². The van der Waals surface area contributed by atoms with Crippen LogP contribution in [0.1, 0.15) is 29.3 Å². The van der Waals surface area contributed by atoms with Crippen LogP contribution < -0.4 is 5.73 Å². The molecule has 1 aromatic rings. The molecule has 0 fully saturated rings. The van der Waals surface area contributed by atoms with Crippen molar-refractivity contribution in [2.75, 3.05) is 12.3 Å². The van der Waals surface area contributed by atoms with Crippen LogP contribution in [0.3, 0.4) is 0 Å². The number of alkyl halides is 2. The highest BCUT2D eigenvalue weighted by molar-refractivity contribution is 5.96. The number of benzene rings is 1. The summed E-state index contributed by atoms with van der Waals surface area (Å²) in [5.74, 6) is -0.814. The monoisotopic (exact) mass is 215 g/mol. The van der Waals surface area contributed by atoms with Crippen LogP contribution in [0.15, 0.2) is 18.2 Å². The van der Waals surface area contributed by atoms with Gasteiger partial charge in [0, 0.05) is 11.3 Å². The number of halogens is 2. The smallest absolute Gasteiger partial charge is 0.340 e. The zero-order valence-electron chi connectivity index (χ0n) is 8.17. The number of nitrogen functional groups attached to an aromatic ring is 1. The molecule has 0 aliphatic rings. The maximum Gasteiger partial charge on any atom is 0.340 e. The van der Waals surface area contributed by atoms with Crippen molar-refractivity contribution in [2.24, 2.45) is 0 Å². The largest absolute Gasteiger partial charge is 0.462 e. The Labute approximate surface area is 85.8 Å². The van der Waals surface area contributed by atoms with Crippen molar-refractivity contribution < 1.29 is 18.3 Å². The molecule has 0 aliphatic heterocycles. The summed E-state index contributed by atoms with van der Waals surface area (Å²) in [4.78, 5) is 11.4. The van der Waals surface area contributed by atoms with Gasteiger partial charge in [0.25, 0.3) is 6.43 Å². The molecule has 0 aliphatic carbocycles. The summed E-state index contributed by atoms with van der Waals surface area (Å²) in [6, 6.07) is 3.92. The van der Waals surface area contributed by atoms with Crippen LogP contribution in [0, 0.1) is 0 Å². The first-order valence-electron chi connectivity index (χ1n) is 4.41. The minimum absolute atomic E-state index is 0.00579. The fourth-order valence-electron chi connectivity index (χ4n) is 1.21. The standard InChI is InChI=1S/C10H11F2NO2/c1-2-15-10(14)8-6(9(11)12)4-3-5-7(8)13/h3-5,9H,2,13H2,1H3. The van der Waals surface area contributed by atoms with E-state index >= 15 is 0 Å². The molecule has 3 nitrogen and oxygen atoms in total. The van der Waals surface area contributed by atoms with Crippen molar-refractivity contribution >= 4 is 11.7 Å². The van der Waals surface area contributed by atoms with Gasteiger partial charge in [0.2, 0.25) is 0 Å². The number of hydrogen-bond donors (Lipinski definition) is 1. The van der Waals surface area contributed by atoms with E-state index in [1.54, 1.807) is 6.92 Å². The maximum absolute atomic E-state index is 12.5. The van der Waals surface area contributed by atoms with E-state index in [-0.39, 0.29) is 17.9 Å². The van der Waals surface area contributed by atoms with Gasteiger partial charge in [-0.1, -0.05) is 12.1 Å². The van der Waals surface area contributed by atoms with Gasteiger partial charge >= 0.3 is 5.97 Å². The molecular weight excluding hydrogens is 204 g/mol. The Kier molecular flexibility index (Phi) is 3.60. The summed E-state index contributed by atoms with van der Waals surface area (Å²) in [6.45, 7) is 1.72. The number of esters is 1. The van der Waals surface area contributed by atoms with E-state index < -0.39 is 18.0 Å². The molecular formula is C10H11F2NO2. The zero-order chi connectivity index (χ0) is 11.4. The lowest BCUT2D eigenvalue weighted by atomic mass is 10.1. The highest BCUT2D eigenvalue weighted by Gasteiger charge is 2.21. The molecule has 0 spiro atoms. The Morgan fingerprint density at radius 3 is 2.73 bits per heavy atom. The first-order valence-corrected chi connectivity index (χ1v) is 4.41. The van der Waals surface area contributed by atoms with E-state index in [0.29, 0.717) is 0 Å². The first kappa shape index (κ1) is 11.4. The average molecular weight is 215 g/mol. The molecule has 2 N–H and O–H groups in total. The van der Waals surface area contributed by atoms with Crippen LogP contribution in [-0.4, -0.2) is 12.6 Å². The highest BCUT2D eigenvalue weighted by atomic mass is 19.3. The van der Waals surface area contributed by atoms with Crippen molar-refractivity contribution in [3.63, 3.8) is 0 Å². The summed E-state index contributed by atoms with van der Waals surface area (Å²) in [5.41, 5.74) is 4.83. The van der Waals surface area contributed by atoms with Crippen molar-refractivity contribution in [3.8, 4) is 0 Å². The third-order valence-corrected chi connectivity index (χ3v) is 1.84. The van der Waals surface area contributed by atoms with E-state index in [1.165, 1.54) is 12.1 Å². The Bertz CT molecular complexity index is 366. The second kappa shape index (κ2) is 4.72. The highest BCUT2D eigenvalue weighted by Crippen LogP contribution is 2.27. The molecule has 0 unspecified atom stereocenters. The van der Waals surface area contributed by atoms with E-state index in [2.05, 4.69) is 4.74 Å². The summed E-state index contributed by atoms with van der Waals surface area (Å²) < 4.78 is 29.7. The fraction of sp³-hybridized carbons (Fsp3) is 0.300. The SMILES string of the molecule is CCOC(=O)c1c(N)cccc1C(F)F. The summed E-state index contributed by atoms with van der Waals surface area (Å²) in [7, 11) is 0. The number of ether oxygens (including phenoxy) is 1. The molecule has 0 bridgehead atoms. The molecule has 15 heavy (non-hydrogen) atoms. The maximum atomic E-state index is 12.5. The molecule has 0 heterocycles. The third kappa shape index (κ3) is 2.43. The number of carbonyl (C=O) groups excluding carboxylic acids is 1. The average Bonchev–Trinajstić information content (AvgIpc) is 2.17. The molecule has 0 aromatic heterocycles. The van der Waals surface area contributed by atoms with Gasteiger partial charge in [-0.25, -0.2) is 13.6 Å². The minimum atomic E-state index is -2.74. The lowest BCUT2D eigenvalue weighted by Gasteiger charge is -2.10. The van der Waals surface area contributed by atoms with Gasteiger partial charge < -0.3 is 10.5 Å². The topological polar surface area (TPSA) is 52.3 Å². The number of hydrogen-bond acceptors (Lipinski definition) is 3. The molecule has 5 heteroatoms. The molecule has 0 radical (unpaired) electrons. The predicted molar refractivity (Wildman–Crippen MR) is 51.8 cm³/mol. The second-order valence-corrected chi connectivity index (χ2v) is 2.83. The van der Waals surface area contributed by atoms with E-state index in [1.807, 2.05) is 0 Å². The molecule has 1 rings (SSSR count). The van der Waals surface area contributed by atoms with Crippen molar-refractivity contribution in [1.29, 1.82) is 0 Å². The van der Waals surface area contributed by atoms with Gasteiger partial charge in [0.1, 0.15) is 0 Å².